The average molecular weight is 294 g/mol. The summed E-state index contributed by atoms with van der Waals surface area (Å²) in [5.74, 6) is 2.16. The van der Waals surface area contributed by atoms with Crippen LogP contribution in [0, 0.1) is 4.77 Å². The standard InChI is InChI=1S/C14H18N2OS2/c1-17-10-5-6-12-13(8-10)16(14(18)15-12)9-11-4-2-3-7-19-11/h5-6,8,11H,2-4,7,9H2,1H3,(H,15,18). The molecule has 0 spiro atoms. The second kappa shape index (κ2) is 5.59. The average Bonchev–Trinajstić information content (AvgIpc) is 2.76. The number of nitrogens with zero attached hydrogens (tertiary/aromatic N) is 1. The highest BCUT2D eigenvalue weighted by Crippen LogP contribution is 2.28. The van der Waals surface area contributed by atoms with Crippen molar-refractivity contribution >= 4 is 35.0 Å². The highest BCUT2D eigenvalue weighted by molar-refractivity contribution is 7.99. The third-order valence-electron chi connectivity index (χ3n) is 3.64. The van der Waals surface area contributed by atoms with E-state index in [1.54, 1.807) is 7.11 Å². The fraction of sp³-hybridized carbons (Fsp3) is 0.500. The van der Waals surface area contributed by atoms with Crippen molar-refractivity contribution in [1.29, 1.82) is 0 Å². The molecule has 3 rings (SSSR count). The van der Waals surface area contributed by atoms with Crippen LogP contribution in [0.4, 0.5) is 0 Å². The molecule has 1 aliphatic heterocycles. The molecule has 1 N–H and O–H groups in total. The number of aromatic amines is 1. The molecular formula is C14H18N2OS2. The molecular weight excluding hydrogens is 276 g/mol. The largest absolute Gasteiger partial charge is 0.497 e. The van der Waals surface area contributed by atoms with Gasteiger partial charge in [-0.2, -0.15) is 11.8 Å². The number of benzene rings is 1. The molecule has 1 aromatic heterocycles. The van der Waals surface area contributed by atoms with Gasteiger partial charge in [0, 0.05) is 17.9 Å². The molecule has 102 valence electrons. The normalized spacial score (nSPS) is 19.7. The molecule has 0 saturated carbocycles. The summed E-state index contributed by atoms with van der Waals surface area (Å²) < 4.78 is 8.34. The molecule has 0 radical (unpaired) electrons. The monoisotopic (exact) mass is 294 g/mol. The smallest absolute Gasteiger partial charge is 0.178 e. The Balaban J connectivity index is 1.96. The molecule has 1 atom stereocenters. The first-order chi connectivity index (χ1) is 9.28. The van der Waals surface area contributed by atoms with E-state index in [9.17, 15) is 0 Å². The van der Waals surface area contributed by atoms with Gasteiger partial charge in [0.25, 0.3) is 0 Å². The summed E-state index contributed by atoms with van der Waals surface area (Å²) in [6, 6.07) is 6.07. The van der Waals surface area contributed by atoms with Gasteiger partial charge in [0.05, 0.1) is 18.1 Å². The van der Waals surface area contributed by atoms with Crippen molar-refractivity contribution in [1.82, 2.24) is 9.55 Å². The number of fused-ring (bicyclic) bond motifs is 1. The Kier molecular flexibility index (Phi) is 3.84. The van der Waals surface area contributed by atoms with Crippen LogP contribution in [0.3, 0.4) is 0 Å². The lowest BCUT2D eigenvalue weighted by molar-refractivity contribution is 0.415. The topological polar surface area (TPSA) is 29.9 Å². The van der Waals surface area contributed by atoms with Gasteiger partial charge in [0.1, 0.15) is 5.75 Å². The molecule has 1 fully saturated rings. The van der Waals surface area contributed by atoms with E-state index in [2.05, 4.69) is 27.4 Å². The number of thioether (sulfide) groups is 1. The number of imidazole rings is 1. The quantitative estimate of drug-likeness (QED) is 0.868. The Morgan fingerprint density at radius 2 is 2.37 bits per heavy atom. The summed E-state index contributed by atoms with van der Waals surface area (Å²) >= 11 is 7.53. The van der Waals surface area contributed by atoms with Gasteiger partial charge in [-0.15, -0.1) is 0 Å². The Hall–Kier alpha value is -0.940. The predicted octanol–water partition coefficient (Wildman–Crippen LogP) is 3.99. The zero-order chi connectivity index (χ0) is 13.2. The Bertz CT molecular complexity index is 626. The second-order valence-corrected chi connectivity index (χ2v) is 6.71. The molecule has 1 aromatic carbocycles. The van der Waals surface area contributed by atoms with Crippen LogP contribution in [0.2, 0.25) is 0 Å². The van der Waals surface area contributed by atoms with Gasteiger partial charge in [-0.05, 0) is 42.9 Å². The van der Waals surface area contributed by atoms with Gasteiger partial charge in [0.2, 0.25) is 0 Å². The molecule has 3 nitrogen and oxygen atoms in total. The van der Waals surface area contributed by atoms with Crippen LogP contribution < -0.4 is 4.74 Å². The van der Waals surface area contributed by atoms with E-state index in [1.807, 2.05) is 12.1 Å². The number of aromatic nitrogens is 2. The van der Waals surface area contributed by atoms with E-state index in [1.165, 1.54) is 25.0 Å². The van der Waals surface area contributed by atoms with Crippen molar-refractivity contribution in [2.45, 2.75) is 31.1 Å². The summed E-state index contributed by atoms with van der Waals surface area (Å²) in [5, 5.41) is 0.686. The third kappa shape index (κ3) is 2.67. The number of nitrogens with one attached hydrogen (secondary N) is 1. The van der Waals surface area contributed by atoms with Crippen LogP contribution >= 0.6 is 24.0 Å². The van der Waals surface area contributed by atoms with Crippen LogP contribution in [0.15, 0.2) is 18.2 Å². The van der Waals surface area contributed by atoms with Crippen LogP contribution in [0.1, 0.15) is 19.3 Å². The summed E-state index contributed by atoms with van der Waals surface area (Å²) in [7, 11) is 1.70. The van der Waals surface area contributed by atoms with Gasteiger partial charge in [-0.3, -0.25) is 0 Å². The van der Waals surface area contributed by atoms with E-state index in [4.69, 9.17) is 17.0 Å². The van der Waals surface area contributed by atoms with Gasteiger partial charge < -0.3 is 14.3 Å². The first kappa shape index (κ1) is 13.1. The molecule has 5 heteroatoms. The highest BCUT2D eigenvalue weighted by atomic mass is 32.2. The van der Waals surface area contributed by atoms with Crippen LogP contribution in [0.25, 0.3) is 11.0 Å². The molecule has 0 bridgehead atoms. The maximum Gasteiger partial charge on any atom is 0.178 e. The lowest BCUT2D eigenvalue weighted by Gasteiger charge is -2.21. The number of rotatable bonds is 3. The van der Waals surface area contributed by atoms with Crippen molar-refractivity contribution in [2.75, 3.05) is 12.9 Å². The van der Waals surface area contributed by atoms with Crippen LogP contribution in [0.5, 0.6) is 5.75 Å². The summed E-state index contributed by atoms with van der Waals surface area (Å²) in [6.45, 7) is 0.997. The molecule has 0 amide bonds. The number of ether oxygens (including phenoxy) is 1. The van der Waals surface area contributed by atoms with E-state index in [-0.39, 0.29) is 0 Å². The molecule has 1 unspecified atom stereocenters. The van der Waals surface area contributed by atoms with E-state index in [0.29, 0.717) is 5.25 Å². The second-order valence-electron chi connectivity index (χ2n) is 4.91. The van der Waals surface area contributed by atoms with Crippen LogP contribution in [-0.2, 0) is 6.54 Å². The number of methoxy groups -OCH3 is 1. The molecule has 2 aromatic rings. The minimum Gasteiger partial charge on any atom is -0.497 e. The van der Waals surface area contributed by atoms with Gasteiger partial charge >= 0.3 is 0 Å². The van der Waals surface area contributed by atoms with Crippen molar-refractivity contribution in [3.8, 4) is 5.75 Å². The number of hydrogen-bond donors (Lipinski definition) is 1. The maximum atomic E-state index is 5.46. The fourth-order valence-electron chi connectivity index (χ4n) is 2.60. The minimum atomic E-state index is 0.686. The van der Waals surface area contributed by atoms with E-state index in [0.717, 1.165) is 28.1 Å². The van der Waals surface area contributed by atoms with Crippen LogP contribution in [-0.4, -0.2) is 27.7 Å². The van der Waals surface area contributed by atoms with Crippen molar-refractivity contribution in [3.63, 3.8) is 0 Å². The lowest BCUT2D eigenvalue weighted by Crippen LogP contribution is -2.17. The summed E-state index contributed by atoms with van der Waals surface area (Å²) in [4.78, 5) is 3.28. The molecule has 19 heavy (non-hydrogen) atoms. The van der Waals surface area contributed by atoms with Gasteiger partial charge in [0.15, 0.2) is 4.77 Å². The van der Waals surface area contributed by atoms with Crippen molar-refractivity contribution in [2.24, 2.45) is 0 Å². The first-order valence-corrected chi connectivity index (χ1v) is 8.12. The molecule has 2 heterocycles. The zero-order valence-electron chi connectivity index (χ0n) is 11.0. The van der Waals surface area contributed by atoms with E-state index < -0.39 is 0 Å². The molecule has 1 aliphatic rings. The Morgan fingerprint density at radius 3 is 3.11 bits per heavy atom. The van der Waals surface area contributed by atoms with Gasteiger partial charge in [-0.25, -0.2) is 0 Å². The Labute approximate surface area is 122 Å². The van der Waals surface area contributed by atoms with Crippen molar-refractivity contribution < 1.29 is 4.74 Å². The minimum absolute atomic E-state index is 0.686. The third-order valence-corrected chi connectivity index (χ3v) is 5.35. The fourth-order valence-corrected chi connectivity index (χ4v) is 4.17. The Morgan fingerprint density at radius 1 is 1.47 bits per heavy atom. The number of H-pyrrole nitrogens is 1. The van der Waals surface area contributed by atoms with Crippen molar-refractivity contribution in [3.05, 3.63) is 23.0 Å². The summed E-state index contributed by atoms with van der Waals surface area (Å²) in [6.07, 6.45) is 3.99. The molecule has 1 saturated heterocycles. The van der Waals surface area contributed by atoms with Gasteiger partial charge in [-0.1, -0.05) is 6.42 Å². The number of hydrogen-bond acceptors (Lipinski definition) is 3. The zero-order valence-corrected chi connectivity index (χ0v) is 12.6. The maximum absolute atomic E-state index is 5.46. The SMILES string of the molecule is COc1ccc2[nH]c(=S)n(CC3CCCCS3)c2c1. The van der Waals surface area contributed by atoms with E-state index >= 15 is 0 Å². The lowest BCUT2D eigenvalue weighted by atomic mass is 10.2. The summed E-state index contributed by atoms with van der Waals surface area (Å²) in [5.41, 5.74) is 2.24. The first-order valence-electron chi connectivity index (χ1n) is 6.66. The molecule has 0 aliphatic carbocycles. The predicted molar refractivity (Wildman–Crippen MR) is 83.8 cm³/mol. The highest BCUT2D eigenvalue weighted by Gasteiger charge is 2.16.